The molecule has 2 aromatic rings. The average molecular weight is 425 g/mol. The second kappa shape index (κ2) is 10.3. The molecule has 1 aliphatic heterocycles. The van der Waals surface area contributed by atoms with Crippen molar-refractivity contribution < 1.29 is 9.59 Å². The Morgan fingerprint density at radius 3 is 2.35 bits per heavy atom. The van der Waals surface area contributed by atoms with Crippen LogP contribution in [0.4, 0.5) is 16.3 Å². The summed E-state index contributed by atoms with van der Waals surface area (Å²) in [6, 6.07) is 7.55. The summed E-state index contributed by atoms with van der Waals surface area (Å²) < 4.78 is 0. The van der Waals surface area contributed by atoms with Crippen molar-refractivity contribution in [1.29, 1.82) is 0 Å². The average Bonchev–Trinajstić information content (AvgIpc) is 2.74. The highest BCUT2D eigenvalue weighted by Crippen LogP contribution is 2.21. The number of piperazine rings is 1. The first-order valence-corrected chi connectivity index (χ1v) is 10.6. The number of likely N-dealkylation sites (N-methyl/N-ethyl adjacent to an activating group) is 1. The van der Waals surface area contributed by atoms with Gasteiger partial charge in [0, 0.05) is 44.6 Å². The molecular weight excluding hydrogens is 392 g/mol. The monoisotopic (exact) mass is 424 g/mol. The standard InChI is InChI=1S/C23H32N6O2/c1-16-11-17(2)22(18(3)12-16)27-21(30)15-26-23(31)25-14-19-5-6-24-20(13-19)29-9-7-28(4)8-10-29/h5-6,11-13H,7-10,14-15H2,1-4H3,(H,27,30)(H2,25,26,31). The minimum Gasteiger partial charge on any atom is -0.354 e. The number of pyridine rings is 1. The molecule has 166 valence electrons. The zero-order valence-electron chi connectivity index (χ0n) is 18.8. The summed E-state index contributed by atoms with van der Waals surface area (Å²) in [5.74, 6) is 0.669. The van der Waals surface area contributed by atoms with E-state index in [-0.39, 0.29) is 18.5 Å². The van der Waals surface area contributed by atoms with Crippen LogP contribution in [-0.4, -0.2) is 61.6 Å². The van der Waals surface area contributed by atoms with Gasteiger partial charge in [0.1, 0.15) is 5.82 Å². The molecule has 1 aromatic carbocycles. The Hall–Kier alpha value is -3.13. The maximum atomic E-state index is 12.3. The third kappa shape index (κ3) is 6.42. The molecule has 0 spiro atoms. The Balaban J connectivity index is 1.45. The van der Waals surface area contributed by atoms with E-state index in [9.17, 15) is 9.59 Å². The quantitative estimate of drug-likeness (QED) is 0.662. The van der Waals surface area contributed by atoms with Gasteiger partial charge < -0.3 is 25.8 Å². The van der Waals surface area contributed by atoms with E-state index in [0.29, 0.717) is 6.54 Å². The van der Waals surface area contributed by atoms with Crippen LogP contribution in [0.2, 0.25) is 0 Å². The molecule has 2 heterocycles. The van der Waals surface area contributed by atoms with E-state index in [1.807, 2.05) is 45.0 Å². The first-order chi connectivity index (χ1) is 14.8. The van der Waals surface area contributed by atoms with Crippen LogP contribution < -0.4 is 20.9 Å². The number of carbonyl (C=O) groups excluding carboxylic acids is 2. The lowest BCUT2D eigenvalue weighted by molar-refractivity contribution is -0.115. The molecule has 0 unspecified atom stereocenters. The van der Waals surface area contributed by atoms with Crippen molar-refractivity contribution >= 4 is 23.4 Å². The van der Waals surface area contributed by atoms with Gasteiger partial charge in [-0.2, -0.15) is 0 Å². The summed E-state index contributed by atoms with van der Waals surface area (Å²) in [4.78, 5) is 33.4. The third-order valence-corrected chi connectivity index (χ3v) is 5.44. The van der Waals surface area contributed by atoms with Crippen LogP contribution in [0.3, 0.4) is 0 Å². The van der Waals surface area contributed by atoms with Crippen LogP contribution >= 0.6 is 0 Å². The first-order valence-electron chi connectivity index (χ1n) is 10.6. The van der Waals surface area contributed by atoms with Crippen molar-refractivity contribution in [2.24, 2.45) is 0 Å². The lowest BCUT2D eigenvalue weighted by Crippen LogP contribution is -2.44. The zero-order chi connectivity index (χ0) is 22.4. The van der Waals surface area contributed by atoms with E-state index in [0.717, 1.165) is 59.9 Å². The molecule has 8 nitrogen and oxygen atoms in total. The van der Waals surface area contributed by atoms with E-state index in [1.165, 1.54) is 0 Å². The number of carbonyl (C=O) groups is 2. The number of urea groups is 1. The highest BCUT2D eigenvalue weighted by Gasteiger charge is 2.15. The van der Waals surface area contributed by atoms with E-state index >= 15 is 0 Å². The Labute approximate surface area is 184 Å². The Morgan fingerprint density at radius 1 is 1.00 bits per heavy atom. The molecule has 3 rings (SSSR count). The van der Waals surface area contributed by atoms with Crippen molar-refractivity contribution in [1.82, 2.24) is 20.5 Å². The molecule has 1 aliphatic rings. The third-order valence-electron chi connectivity index (χ3n) is 5.44. The predicted octanol–water partition coefficient (Wildman–Crippen LogP) is 2.20. The predicted molar refractivity (Wildman–Crippen MR) is 123 cm³/mol. The lowest BCUT2D eigenvalue weighted by Gasteiger charge is -2.33. The molecule has 0 aliphatic carbocycles. The summed E-state index contributed by atoms with van der Waals surface area (Å²) in [7, 11) is 2.12. The molecule has 0 saturated carbocycles. The first kappa shape index (κ1) is 22.6. The fourth-order valence-electron chi connectivity index (χ4n) is 3.75. The molecule has 0 atom stereocenters. The smallest absolute Gasteiger partial charge is 0.315 e. The number of benzene rings is 1. The summed E-state index contributed by atoms with van der Waals surface area (Å²) in [5, 5.41) is 8.30. The number of amides is 3. The Morgan fingerprint density at radius 2 is 1.68 bits per heavy atom. The topological polar surface area (TPSA) is 89.6 Å². The van der Waals surface area contributed by atoms with Crippen LogP contribution in [0.25, 0.3) is 0 Å². The van der Waals surface area contributed by atoms with Gasteiger partial charge in [-0.25, -0.2) is 9.78 Å². The fourth-order valence-corrected chi connectivity index (χ4v) is 3.75. The van der Waals surface area contributed by atoms with Gasteiger partial charge in [-0.15, -0.1) is 0 Å². The van der Waals surface area contributed by atoms with Crippen LogP contribution in [0.1, 0.15) is 22.3 Å². The largest absolute Gasteiger partial charge is 0.354 e. The minimum atomic E-state index is -0.384. The van der Waals surface area contributed by atoms with Crippen LogP contribution in [0.15, 0.2) is 30.5 Å². The molecule has 3 N–H and O–H groups in total. The summed E-state index contributed by atoms with van der Waals surface area (Å²) in [5.41, 5.74) is 4.92. The Kier molecular flexibility index (Phi) is 7.46. The Bertz CT molecular complexity index is 914. The lowest BCUT2D eigenvalue weighted by atomic mass is 10.1. The molecule has 1 aromatic heterocycles. The van der Waals surface area contributed by atoms with Crippen LogP contribution in [-0.2, 0) is 11.3 Å². The summed E-state index contributed by atoms with van der Waals surface area (Å²) in [6.45, 7) is 10.1. The highest BCUT2D eigenvalue weighted by atomic mass is 16.2. The van der Waals surface area contributed by atoms with Gasteiger partial charge in [0.05, 0.1) is 6.54 Å². The summed E-state index contributed by atoms with van der Waals surface area (Å²) >= 11 is 0. The fraction of sp³-hybridized carbons (Fsp3) is 0.435. The molecular formula is C23H32N6O2. The van der Waals surface area contributed by atoms with Gasteiger partial charge in [0.15, 0.2) is 0 Å². The minimum absolute atomic E-state index is 0.0958. The molecule has 0 bridgehead atoms. The second-order valence-electron chi connectivity index (χ2n) is 8.17. The molecule has 1 fully saturated rings. The number of anilines is 2. The van der Waals surface area contributed by atoms with Gasteiger partial charge in [-0.3, -0.25) is 4.79 Å². The van der Waals surface area contributed by atoms with Gasteiger partial charge in [0.25, 0.3) is 0 Å². The van der Waals surface area contributed by atoms with Gasteiger partial charge >= 0.3 is 6.03 Å². The number of nitrogens with zero attached hydrogens (tertiary/aromatic N) is 3. The zero-order valence-corrected chi connectivity index (χ0v) is 18.8. The van der Waals surface area contributed by atoms with Gasteiger partial charge in [-0.1, -0.05) is 17.7 Å². The molecule has 0 radical (unpaired) electrons. The number of rotatable bonds is 6. The van der Waals surface area contributed by atoms with Crippen molar-refractivity contribution in [3.8, 4) is 0 Å². The van der Waals surface area contributed by atoms with E-state index in [1.54, 1.807) is 6.20 Å². The van der Waals surface area contributed by atoms with Crippen molar-refractivity contribution in [2.45, 2.75) is 27.3 Å². The van der Waals surface area contributed by atoms with Crippen molar-refractivity contribution in [2.75, 3.05) is 50.0 Å². The number of hydrogen-bond acceptors (Lipinski definition) is 5. The molecule has 1 saturated heterocycles. The van der Waals surface area contributed by atoms with E-state index < -0.39 is 0 Å². The molecule has 3 amide bonds. The number of nitrogens with one attached hydrogen (secondary N) is 3. The van der Waals surface area contributed by atoms with Crippen LogP contribution in [0, 0.1) is 20.8 Å². The summed E-state index contributed by atoms with van der Waals surface area (Å²) in [6.07, 6.45) is 1.77. The van der Waals surface area contributed by atoms with Gasteiger partial charge in [-0.05, 0) is 56.6 Å². The van der Waals surface area contributed by atoms with Crippen LogP contribution in [0.5, 0.6) is 0 Å². The van der Waals surface area contributed by atoms with Crippen molar-refractivity contribution in [3.63, 3.8) is 0 Å². The maximum absolute atomic E-state index is 12.3. The highest BCUT2D eigenvalue weighted by molar-refractivity contribution is 5.95. The van der Waals surface area contributed by atoms with Crippen molar-refractivity contribution in [3.05, 3.63) is 52.7 Å². The maximum Gasteiger partial charge on any atom is 0.315 e. The molecule has 31 heavy (non-hydrogen) atoms. The SMILES string of the molecule is Cc1cc(C)c(NC(=O)CNC(=O)NCc2ccnc(N3CCN(C)CC3)c2)c(C)c1. The number of hydrogen-bond donors (Lipinski definition) is 3. The van der Waals surface area contributed by atoms with Gasteiger partial charge in [0.2, 0.25) is 5.91 Å². The normalized spacial score (nSPS) is 14.3. The number of aryl methyl sites for hydroxylation is 3. The molecule has 8 heteroatoms. The number of aromatic nitrogens is 1. The van der Waals surface area contributed by atoms with E-state index in [4.69, 9.17) is 0 Å². The second-order valence-corrected chi connectivity index (χ2v) is 8.17. The van der Waals surface area contributed by atoms with E-state index in [2.05, 4.69) is 37.8 Å².